The van der Waals surface area contributed by atoms with Crippen molar-refractivity contribution in [3.63, 3.8) is 0 Å². The van der Waals surface area contributed by atoms with Crippen LogP contribution in [0.1, 0.15) is 31.2 Å². The lowest BCUT2D eigenvalue weighted by Crippen LogP contribution is -3.00. The van der Waals surface area contributed by atoms with Crippen LogP contribution in [0.15, 0.2) is 35.7 Å². The third-order valence-corrected chi connectivity index (χ3v) is 4.19. The van der Waals surface area contributed by atoms with Gasteiger partial charge in [0.25, 0.3) is 5.91 Å². The Morgan fingerprint density at radius 1 is 1.15 bits per heavy atom. The first-order valence-corrected chi connectivity index (χ1v) is 9.09. The average Bonchev–Trinajstić information content (AvgIpc) is 3.05. The zero-order valence-electron chi connectivity index (χ0n) is 15.6. The lowest BCUT2D eigenvalue weighted by molar-refractivity contribution is -0.124. The third-order valence-electron chi connectivity index (χ3n) is 3.31. The molecule has 1 aromatic carbocycles. The molecule has 26 heavy (non-hydrogen) atoms. The Bertz CT molecular complexity index is 685. The van der Waals surface area contributed by atoms with Crippen molar-refractivity contribution in [3.8, 4) is 11.5 Å². The first-order chi connectivity index (χ1) is 11.9. The second-order valence-electron chi connectivity index (χ2n) is 6.75. The Morgan fingerprint density at radius 2 is 1.92 bits per heavy atom. The van der Waals surface area contributed by atoms with Gasteiger partial charge in [-0.25, -0.2) is 0 Å². The molecule has 0 aliphatic rings. The Balaban J connectivity index is 0.00000338. The van der Waals surface area contributed by atoms with Gasteiger partial charge in [-0.15, -0.1) is 11.3 Å². The Labute approximate surface area is 165 Å². The Kier molecular flexibility index (Phi) is 8.92. The minimum atomic E-state index is -0.275. The van der Waals surface area contributed by atoms with E-state index in [2.05, 4.69) is 22.1 Å². The summed E-state index contributed by atoms with van der Waals surface area (Å²) in [5, 5.41) is 8.34. The molecule has 2 N–H and O–H groups in total. The topological polar surface area (TPSA) is 59.6 Å². The number of methoxy groups -OCH3 is 1. The van der Waals surface area contributed by atoms with E-state index in [0.717, 1.165) is 18.7 Å². The molecular formula is C19H26ClN2O3S-. The normalized spacial score (nSPS) is 10.8. The van der Waals surface area contributed by atoms with Gasteiger partial charge in [0.05, 0.1) is 7.11 Å². The number of amides is 1. The van der Waals surface area contributed by atoms with E-state index in [9.17, 15) is 4.79 Å². The van der Waals surface area contributed by atoms with Crippen LogP contribution in [0.2, 0.25) is 0 Å². The van der Waals surface area contributed by atoms with E-state index < -0.39 is 0 Å². The van der Waals surface area contributed by atoms with Crippen molar-refractivity contribution in [3.05, 3.63) is 46.2 Å². The lowest BCUT2D eigenvalue weighted by Gasteiger charge is -2.20. The number of nitrogens with one attached hydrogen (secondary N) is 2. The highest BCUT2D eigenvalue weighted by atomic mass is 35.5. The highest BCUT2D eigenvalue weighted by molar-refractivity contribution is 7.09. The smallest absolute Gasteiger partial charge is 0.258 e. The van der Waals surface area contributed by atoms with Crippen LogP contribution in [0.25, 0.3) is 0 Å². The van der Waals surface area contributed by atoms with Gasteiger partial charge < -0.3 is 32.5 Å². The second-order valence-corrected chi connectivity index (χ2v) is 7.79. The molecule has 0 fully saturated rings. The van der Waals surface area contributed by atoms with Crippen molar-refractivity contribution in [2.24, 2.45) is 0 Å². The fraction of sp³-hybridized carbons (Fsp3) is 0.421. The Hall–Kier alpha value is -1.76. The molecule has 1 aromatic heterocycles. The number of hydrogen-bond acceptors (Lipinski definition) is 5. The predicted molar refractivity (Wildman–Crippen MR) is 101 cm³/mol. The van der Waals surface area contributed by atoms with E-state index in [1.54, 1.807) is 18.4 Å². The summed E-state index contributed by atoms with van der Waals surface area (Å²) in [6.07, 6.45) is 0. The lowest BCUT2D eigenvalue weighted by atomic mass is 10.1. The molecule has 0 aliphatic carbocycles. The molecule has 0 unspecified atom stereocenters. The summed E-state index contributed by atoms with van der Waals surface area (Å²) in [6.45, 7) is 7.34. The highest BCUT2D eigenvalue weighted by Gasteiger charge is 2.15. The van der Waals surface area contributed by atoms with E-state index in [1.807, 2.05) is 45.0 Å². The molecule has 0 aliphatic heterocycles. The molecule has 0 spiro atoms. The molecule has 2 aromatic rings. The number of hydrogen-bond donors (Lipinski definition) is 2. The first-order valence-electron chi connectivity index (χ1n) is 8.21. The van der Waals surface area contributed by atoms with Crippen LogP contribution in [-0.2, 0) is 17.9 Å². The fourth-order valence-electron chi connectivity index (χ4n) is 2.28. The van der Waals surface area contributed by atoms with E-state index in [-0.39, 0.29) is 30.5 Å². The van der Waals surface area contributed by atoms with Crippen LogP contribution < -0.4 is 32.5 Å². The first kappa shape index (κ1) is 22.3. The van der Waals surface area contributed by atoms with Crippen LogP contribution in [0.3, 0.4) is 0 Å². The summed E-state index contributed by atoms with van der Waals surface area (Å²) in [5.41, 5.74) is 0.822. The largest absolute Gasteiger partial charge is 1.00 e. The number of halogens is 1. The maximum Gasteiger partial charge on any atom is 0.258 e. The summed E-state index contributed by atoms with van der Waals surface area (Å²) in [4.78, 5) is 13.2. The average molecular weight is 398 g/mol. The number of ether oxygens (including phenoxy) is 2. The number of thiophene rings is 1. The standard InChI is InChI=1S/C19H26N2O3S.ClH/c1-19(2,3)21-18(22)13-24-16-8-7-14(10-17(16)23-4)11-20-12-15-6-5-9-25-15;/h5-10,20H,11-13H2,1-4H3,(H,21,22);1H/p-1. The summed E-state index contributed by atoms with van der Waals surface area (Å²) >= 11 is 1.74. The molecule has 5 nitrogen and oxygen atoms in total. The van der Waals surface area contributed by atoms with Crippen molar-refractivity contribution < 1.29 is 26.7 Å². The number of rotatable bonds is 8. The summed E-state index contributed by atoms with van der Waals surface area (Å²) < 4.78 is 11.0. The maximum atomic E-state index is 11.9. The second kappa shape index (κ2) is 10.4. The van der Waals surface area contributed by atoms with Gasteiger partial charge >= 0.3 is 0 Å². The van der Waals surface area contributed by atoms with Crippen molar-refractivity contribution in [2.75, 3.05) is 13.7 Å². The van der Waals surface area contributed by atoms with E-state index in [1.165, 1.54) is 4.88 Å². The van der Waals surface area contributed by atoms with Crippen LogP contribution in [-0.4, -0.2) is 25.2 Å². The minimum Gasteiger partial charge on any atom is -1.00 e. The maximum absolute atomic E-state index is 11.9. The fourth-order valence-corrected chi connectivity index (χ4v) is 2.96. The van der Waals surface area contributed by atoms with Crippen LogP contribution in [0.4, 0.5) is 0 Å². The van der Waals surface area contributed by atoms with Crippen LogP contribution in [0.5, 0.6) is 11.5 Å². The molecule has 144 valence electrons. The van der Waals surface area contributed by atoms with E-state index in [0.29, 0.717) is 11.5 Å². The molecule has 0 bridgehead atoms. The zero-order valence-corrected chi connectivity index (χ0v) is 17.2. The molecule has 1 heterocycles. The molecule has 0 saturated heterocycles. The van der Waals surface area contributed by atoms with Crippen molar-refractivity contribution in [2.45, 2.75) is 39.4 Å². The van der Waals surface area contributed by atoms with Gasteiger partial charge in [-0.2, -0.15) is 0 Å². The van der Waals surface area contributed by atoms with E-state index in [4.69, 9.17) is 9.47 Å². The van der Waals surface area contributed by atoms with Gasteiger partial charge in [0.1, 0.15) is 0 Å². The molecule has 7 heteroatoms. The number of carbonyl (C=O) groups is 1. The molecular weight excluding hydrogens is 372 g/mol. The minimum absolute atomic E-state index is 0. The molecule has 1 amide bonds. The number of carbonyl (C=O) groups excluding carboxylic acids is 1. The van der Waals surface area contributed by atoms with Crippen molar-refractivity contribution in [1.29, 1.82) is 0 Å². The Morgan fingerprint density at radius 3 is 2.54 bits per heavy atom. The molecule has 0 atom stereocenters. The van der Waals surface area contributed by atoms with Crippen LogP contribution in [0, 0.1) is 0 Å². The monoisotopic (exact) mass is 397 g/mol. The summed E-state index contributed by atoms with van der Waals surface area (Å²) in [5.74, 6) is 1.03. The van der Waals surface area contributed by atoms with Gasteiger partial charge in [-0.3, -0.25) is 4.79 Å². The van der Waals surface area contributed by atoms with Crippen molar-refractivity contribution in [1.82, 2.24) is 10.6 Å². The molecule has 0 radical (unpaired) electrons. The van der Waals surface area contributed by atoms with Crippen molar-refractivity contribution >= 4 is 17.2 Å². The van der Waals surface area contributed by atoms with Gasteiger partial charge in [-0.1, -0.05) is 12.1 Å². The quantitative estimate of drug-likeness (QED) is 0.674. The zero-order chi connectivity index (χ0) is 18.3. The van der Waals surface area contributed by atoms with Gasteiger partial charge in [-0.05, 0) is 49.9 Å². The SMILES string of the molecule is COc1cc(CNCc2cccs2)ccc1OCC(=O)NC(C)(C)C.[Cl-]. The van der Waals surface area contributed by atoms with Gasteiger partial charge in [0, 0.05) is 23.5 Å². The summed E-state index contributed by atoms with van der Waals surface area (Å²) in [6, 6.07) is 9.90. The summed E-state index contributed by atoms with van der Waals surface area (Å²) in [7, 11) is 1.60. The highest BCUT2D eigenvalue weighted by Crippen LogP contribution is 2.28. The van der Waals surface area contributed by atoms with Crippen LogP contribution >= 0.6 is 11.3 Å². The third kappa shape index (κ3) is 7.64. The van der Waals surface area contributed by atoms with E-state index >= 15 is 0 Å². The number of benzene rings is 1. The molecule has 2 rings (SSSR count). The van der Waals surface area contributed by atoms with Gasteiger partial charge in [0.2, 0.25) is 0 Å². The van der Waals surface area contributed by atoms with Gasteiger partial charge in [0.15, 0.2) is 18.1 Å². The predicted octanol–water partition coefficient (Wildman–Crippen LogP) is 0.344. The molecule has 0 saturated carbocycles.